The molecule has 0 saturated heterocycles. The SMILES string of the molecule is CC[C@H](C)NC(=O)[C@@H](Cc1ccccc1)N(Cc1ccc(C)cc1)C(=O)CCCN(c1ccc(OC)cc1)S(C)(=O)=O. The van der Waals surface area contributed by atoms with Gasteiger partial charge >= 0.3 is 0 Å². The Kier molecular flexibility index (Phi) is 12.0. The molecule has 0 heterocycles. The number of amides is 2. The summed E-state index contributed by atoms with van der Waals surface area (Å²) in [6, 6.07) is 23.6. The standard InChI is InChI=1S/C33H43N3O5S/c1-6-26(3)34-33(38)31(23-27-11-8-7-9-12-27)35(24-28-16-14-25(2)15-17-28)32(37)13-10-22-36(42(5,39)40)29-18-20-30(41-4)21-19-29/h7-9,11-12,14-21,26,31H,6,10,13,22-24H2,1-5H3,(H,34,38)/t26-,31+/m0/s1. The van der Waals surface area contributed by atoms with Gasteiger partial charge in [-0.2, -0.15) is 0 Å². The van der Waals surface area contributed by atoms with Crippen LogP contribution < -0.4 is 14.4 Å². The van der Waals surface area contributed by atoms with Crippen LogP contribution >= 0.6 is 0 Å². The molecule has 9 heteroatoms. The summed E-state index contributed by atoms with van der Waals surface area (Å²) >= 11 is 0. The number of nitrogens with zero attached hydrogens (tertiary/aromatic N) is 2. The molecule has 1 N–H and O–H groups in total. The number of rotatable bonds is 15. The van der Waals surface area contributed by atoms with Crippen molar-refractivity contribution in [2.75, 3.05) is 24.2 Å². The zero-order valence-corrected chi connectivity index (χ0v) is 26.1. The molecular formula is C33H43N3O5S. The van der Waals surface area contributed by atoms with Gasteiger partial charge in [-0.25, -0.2) is 8.42 Å². The van der Waals surface area contributed by atoms with E-state index >= 15 is 0 Å². The molecule has 42 heavy (non-hydrogen) atoms. The Labute approximate surface area is 250 Å². The molecule has 0 saturated carbocycles. The van der Waals surface area contributed by atoms with Crippen LogP contribution in [0.2, 0.25) is 0 Å². The molecular weight excluding hydrogens is 550 g/mol. The normalized spacial score (nSPS) is 12.7. The van der Waals surface area contributed by atoms with Crippen molar-refractivity contribution in [3.8, 4) is 5.75 Å². The second kappa shape index (κ2) is 15.4. The zero-order chi connectivity index (χ0) is 30.7. The summed E-state index contributed by atoms with van der Waals surface area (Å²) in [5.74, 6) is 0.206. The lowest BCUT2D eigenvalue weighted by Gasteiger charge is -2.32. The Morgan fingerprint density at radius 3 is 2.14 bits per heavy atom. The first-order valence-corrected chi connectivity index (χ1v) is 16.2. The molecule has 0 aliphatic heterocycles. The number of benzene rings is 3. The summed E-state index contributed by atoms with van der Waals surface area (Å²) in [5.41, 5.74) is 3.47. The summed E-state index contributed by atoms with van der Waals surface area (Å²) < 4.78 is 31.8. The van der Waals surface area contributed by atoms with Crippen molar-refractivity contribution < 1.29 is 22.7 Å². The molecule has 2 atom stereocenters. The minimum Gasteiger partial charge on any atom is -0.497 e. The maximum Gasteiger partial charge on any atom is 0.243 e. The number of ether oxygens (including phenoxy) is 1. The van der Waals surface area contributed by atoms with E-state index in [4.69, 9.17) is 4.74 Å². The first kappa shape index (κ1) is 32.7. The Balaban J connectivity index is 1.87. The van der Waals surface area contributed by atoms with Crippen LogP contribution in [0.25, 0.3) is 0 Å². The van der Waals surface area contributed by atoms with Gasteiger partial charge < -0.3 is 15.0 Å². The van der Waals surface area contributed by atoms with Crippen LogP contribution in [-0.2, 0) is 32.6 Å². The quantitative estimate of drug-likeness (QED) is 0.264. The van der Waals surface area contributed by atoms with Crippen LogP contribution in [-0.4, -0.2) is 57.1 Å². The Hall–Kier alpha value is -3.85. The molecule has 0 aromatic heterocycles. The maximum absolute atomic E-state index is 13.9. The lowest BCUT2D eigenvalue weighted by atomic mass is 10.0. The van der Waals surface area contributed by atoms with Gasteiger partial charge in [0, 0.05) is 32.0 Å². The lowest BCUT2D eigenvalue weighted by molar-refractivity contribution is -0.141. The highest BCUT2D eigenvalue weighted by atomic mass is 32.2. The average Bonchev–Trinajstić information content (AvgIpc) is 2.97. The van der Waals surface area contributed by atoms with Crippen molar-refractivity contribution in [2.45, 2.75) is 65.1 Å². The van der Waals surface area contributed by atoms with E-state index in [9.17, 15) is 18.0 Å². The van der Waals surface area contributed by atoms with Gasteiger partial charge in [0.15, 0.2) is 0 Å². The van der Waals surface area contributed by atoms with Gasteiger partial charge in [0.25, 0.3) is 0 Å². The number of sulfonamides is 1. The van der Waals surface area contributed by atoms with Gasteiger partial charge in [0.05, 0.1) is 19.1 Å². The van der Waals surface area contributed by atoms with Crippen molar-refractivity contribution >= 4 is 27.5 Å². The molecule has 0 aliphatic rings. The summed E-state index contributed by atoms with van der Waals surface area (Å²) in [6.07, 6.45) is 2.64. The Morgan fingerprint density at radius 2 is 1.57 bits per heavy atom. The fourth-order valence-corrected chi connectivity index (χ4v) is 5.60. The molecule has 0 fully saturated rings. The third-order valence-electron chi connectivity index (χ3n) is 7.26. The van der Waals surface area contributed by atoms with Crippen LogP contribution in [0.3, 0.4) is 0 Å². The predicted octanol–water partition coefficient (Wildman–Crippen LogP) is 5.10. The highest BCUT2D eigenvalue weighted by Crippen LogP contribution is 2.23. The predicted molar refractivity (Wildman–Crippen MR) is 168 cm³/mol. The second-order valence-electron chi connectivity index (χ2n) is 10.7. The van der Waals surface area contributed by atoms with E-state index < -0.39 is 16.1 Å². The van der Waals surface area contributed by atoms with Crippen LogP contribution in [0.15, 0.2) is 78.9 Å². The molecule has 2 amide bonds. The van der Waals surface area contributed by atoms with Crippen LogP contribution in [0, 0.1) is 6.92 Å². The summed E-state index contributed by atoms with van der Waals surface area (Å²) in [5, 5.41) is 3.07. The average molecular weight is 594 g/mol. The number of methoxy groups -OCH3 is 1. The van der Waals surface area contributed by atoms with E-state index in [-0.39, 0.29) is 43.8 Å². The Morgan fingerprint density at radius 1 is 0.929 bits per heavy atom. The van der Waals surface area contributed by atoms with Crippen LogP contribution in [0.5, 0.6) is 5.75 Å². The van der Waals surface area contributed by atoms with Crippen molar-refractivity contribution in [2.24, 2.45) is 0 Å². The molecule has 3 aromatic rings. The van der Waals surface area contributed by atoms with E-state index in [1.54, 1.807) is 36.3 Å². The topological polar surface area (TPSA) is 96.0 Å². The van der Waals surface area contributed by atoms with Crippen molar-refractivity contribution in [1.82, 2.24) is 10.2 Å². The largest absolute Gasteiger partial charge is 0.497 e. The smallest absolute Gasteiger partial charge is 0.243 e. The van der Waals surface area contributed by atoms with Gasteiger partial charge in [0.1, 0.15) is 11.8 Å². The number of nitrogens with one attached hydrogen (secondary N) is 1. The molecule has 3 aromatic carbocycles. The molecule has 226 valence electrons. The zero-order valence-electron chi connectivity index (χ0n) is 25.2. The molecule has 0 unspecified atom stereocenters. The first-order valence-electron chi connectivity index (χ1n) is 14.3. The highest BCUT2D eigenvalue weighted by molar-refractivity contribution is 7.92. The highest BCUT2D eigenvalue weighted by Gasteiger charge is 2.31. The number of hydrogen-bond donors (Lipinski definition) is 1. The van der Waals surface area contributed by atoms with E-state index in [0.717, 1.165) is 29.4 Å². The fourth-order valence-electron chi connectivity index (χ4n) is 4.64. The van der Waals surface area contributed by atoms with Gasteiger partial charge in [0.2, 0.25) is 21.8 Å². The molecule has 0 radical (unpaired) electrons. The van der Waals surface area contributed by atoms with Gasteiger partial charge in [-0.1, -0.05) is 67.1 Å². The summed E-state index contributed by atoms with van der Waals surface area (Å²) in [6.45, 7) is 6.34. The third-order valence-corrected chi connectivity index (χ3v) is 8.45. The molecule has 0 aliphatic carbocycles. The first-order chi connectivity index (χ1) is 20.0. The summed E-state index contributed by atoms with van der Waals surface area (Å²) in [7, 11) is -2.04. The molecule has 3 rings (SSSR count). The fraction of sp³-hybridized carbons (Fsp3) is 0.394. The second-order valence-corrected chi connectivity index (χ2v) is 12.6. The summed E-state index contributed by atoms with van der Waals surface area (Å²) in [4.78, 5) is 29.2. The van der Waals surface area contributed by atoms with Gasteiger partial charge in [-0.3, -0.25) is 13.9 Å². The van der Waals surface area contributed by atoms with E-state index in [1.807, 2.05) is 75.4 Å². The Bertz CT molecular complexity index is 1390. The number of hydrogen-bond acceptors (Lipinski definition) is 5. The van der Waals surface area contributed by atoms with Gasteiger partial charge in [-0.15, -0.1) is 0 Å². The number of anilines is 1. The lowest BCUT2D eigenvalue weighted by Crippen LogP contribution is -2.52. The van der Waals surface area contributed by atoms with Crippen molar-refractivity contribution in [3.05, 3.63) is 95.6 Å². The van der Waals surface area contributed by atoms with Gasteiger partial charge in [-0.05, 0) is 62.1 Å². The third kappa shape index (κ3) is 9.62. The molecule has 8 nitrogen and oxygen atoms in total. The monoisotopic (exact) mass is 593 g/mol. The number of carbonyl (C=O) groups is 2. The van der Waals surface area contributed by atoms with E-state index in [1.165, 1.54) is 4.31 Å². The van der Waals surface area contributed by atoms with E-state index in [2.05, 4.69) is 5.32 Å². The maximum atomic E-state index is 13.9. The minimum atomic E-state index is -3.59. The molecule has 0 spiro atoms. The van der Waals surface area contributed by atoms with Crippen LogP contribution in [0.1, 0.15) is 49.8 Å². The molecule has 0 bridgehead atoms. The van der Waals surface area contributed by atoms with Crippen molar-refractivity contribution in [1.29, 1.82) is 0 Å². The minimum absolute atomic E-state index is 0.0417. The van der Waals surface area contributed by atoms with E-state index in [0.29, 0.717) is 17.9 Å². The number of aryl methyl sites for hydroxylation is 1. The van der Waals surface area contributed by atoms with Crippen LogP contribution in [0.4, 0.5) is 5.69 Å². The number of carbonyl (C=O) groups excluding carboxylic acids is 2. The van der Waals surface area contributed by atoms with Crippen molar-refractivity contribution in [3.63, 3.8) is 0 Å².